The standard InChI is InChI=1S/C77H97N7O4/c1-8-15-16-17-18-19-20-21-22-23-54-85-62-35-27-58(28-36-62)74-66-43-45-68(78-66)75(59-29-37-63(38-30-59)86-55-24-51-82(9-2)10-3)70-47-49-72(80-70)77(61-33-41-65(42-34-61)88-57-26-53-84(13-6)14-7)73-50-48-71(81-73)76(69-46-44-67(74)79-69)60-31-39-64(40-32-60)87-56-25-52-83(11-4)12-5/h27-50H,8-26,51-57H2,1-7H3. The molecule has 0 aromatic heterocycles. The van der Waals surface area contributed by atoms with E-state index in [2.05, 4.69) is 209 Å². The SMILES string of the molecule is CCCCCCCCCCCCOc1ccc(C2=C3C=CC(=N3)C(c3ccc(OCCCN(CC)CC)cc3)=C3C=CC(=N3)C(c3ccc(OCCCN(CC)CC)cc3)=C3C=CC(=N3)C(c3ccc(OCCCN(CC)CC)cc3)=C3C=CC2=N3)cc1. The molecule has 0 amide bonds. The molecule has 11 heteroatoms. The quantitative estimate of drug-likeness (QED) is 0.0415. The second-order valence-electron chi connectivity index (χ2n) is 23.2. The average Bonchev–Trinajstić information content (AvgIpc) is 2.85. The van der Waals surface area contributed by atoms with E-state index < -0.39 is 0 Å². The van der Waals surface area contributed by atoms with Gasteiger partial charge in [-0.3, -0.25) is 0 Å². The number of benzene rings is 4. The van der Waals surface area contributed by atoms with Crippen molar-refractivity contribution in [2.75, 3.05) is 85.3 Å². The summed E-state index contributed by atoms with van der Waals surface area (Å²) in [6, 6.07) is 33.7. The monoisotopic (exact) mass is 1180 g/mol. The van der Waals surface area contributed by atoms with Crippen molar-refractivity contribution >= 4 is 45.1 Å². The van der Waals surface area contributed by atoms with E-state index in [-0.39, 0.29) is 0 Å². The molecule has 0 spiro atoms. The van der Waals surface area contributed by atoms with E-state index >= 15 is 0 Å². The minimum Gasteiger partial charge on any atom is -0.494 e. The van der Waals surface area contributed by atoms with Crippen LogP contribution in [0.1, 0.15) is 154 Å². The normalized spacial score (nSPS) is 15.2. The molecular formula is C77H97N7O4. The fraction of sp³-hybridized carbons (Fsp3) is 0.429. The molecule has 0 fully saturated rings. The average molecular weight is 1180 g/mol. The van der Waals surface area contributed by atoms with Crippen molar-refractivity contribution in [3.05, 3.63) is 191 Å². The van der Waals surface area contributed by atoms with Crippen molar-refractivity contribution in [2.45, 2.75) is 132 Å². The van der Waals surface area contributed by atoms with Crippen LogP contribution in [0.25, 0.3) is 22.3 Å². The second kappa shape index (κ2) is 34.3. The lowest BCUT2D eigenvalue weighted by molar-refractivity contribution is 0.249. The number of allylic oxidation sites excluding steroid dienone is 12. The maximum atomic E-state index is 6.38. The third kappa shape index (κ3) is 17.9. The van der Waals surface area contributed by atoms with Crippen LogP contribution in [0.4, 0.5) is 0 Å². The highest BCUT2D eigenvalue weighted by Gasteiger charge is 2.28. The summed E-state index contributed by atoms with van der Waals surface area (Å²) in [5.41, 5.74) is 14.1. The van der Waals surface area contributed by atoms with E-state index in [1.54, 1.807) is 0 Å². The van der Waals surface area contributed by atoms with Crippen LogP contribution in [0.5, 0.6) is 23.0 Å². The van der Waals surface area contributed by atoms with Gasteiger partial charge < -0.3 is 33.6 Å². The van der Waals surface area contributed by atoms with Gasteiger partial charge in [-0.1, -0.05) is 155 Å². The Labute approximate surface area is 527 Å². The van der Waals surface area contributed by atoms with Crippen LogP contribution < -0.4 is 18.9 Å². The van der Waals surface area contributed by atoms with Crippen LogP contribution in [-0.4, -0.2) is 123 Å². The number of hydrogen-bond acceptors (Lipinski definition) is 11. The molecule has 88 heavy (non-hydrogen) atoms. The van der Waals surface area contributed by atoms with Crippen molar-refractivity contribution in [3.63, 3.8) is 0 Å². The largest absolute Gasteiger partial charge is 0.494 e. The van der Waals surface area contributed by atoms with E-state index in [4.69, 9.17) is 38.9 Å². The summed E-state index contributed by atoms with van der Waals surface area (Å²) in [5, 5.41) is 0. The lowest BCUT2D eigenvalue weighted by Gasteiger charge is -2.18. The first-order valence-corrected chi connectivity index (χ1v) is 33.5. The van der Waals surface area contributed by atoms with Crippen molar-refractivity contribution in [1.82, 2.24) is 14.7 Å². The Morgan fingerprint density at radius 3 is 0.727 bits per heavy atom. The smallest absolute Gasteiger partial charge is 0.119 e. The number of fused-ring (bicyclic) bond motifs is 4. The molecule has 0 saturated heterocycles. The fourth-order valence-electron chi connectivity index (χ4n) is 12.0. The van der Waals surface area contributed by atoms with E-state index in [1.165, 1.54) is 57.8 Å². The Balaban J connectivity index is 1.10. The summed E-state index contributed by atoms with van der Waals surface area (Å²) < 4.78 is 25.4. The summed E-state index contributed by atoms with van der Waals surface area (Å²) in [6.45, 7) is 27.4. The van der Waals surface area contributed by atoms with Gasteiger partial charge in [0.05, 0.1) is 72.1 Å². The maximum Gasteiger partial charge on any atom is 0.119 e. The summed E-state index contributed by atoms with van der Waals surface area (Å²) in [6.07, 6.45) is 32.8. The molecule has 0 radical (unpaired) electrons. The Hall–Kier alpha value is -7.44. The number of aliphatic imine (C=N–C) groups is 4. The van der Waals surface area contributed by atoms with E-state index in [0.29, 0.717) is 26.4 Å². The van der Waals surface area contributed by atoms with Gasteiger partial charge in [0, 0.05) is 41.9 Å². The van der Waals surface area contributed by atoms with Gasteiger partial charge >= 0.3 is 0 Å². The molecule has 4 aromatic rings. The summed E-state index contributed by atoms with van der Waals surface area (Å²) in [7, 11) is 0. The highest BCUT2D eigenvalue weighted by Crippen LogP contribution is 2.40. The van der Waals surface area contributed by atoms with Crippen LogP contribution in [-0.2, 0) is 0 Å². The van der Waals surface area contributed by atoms with E-state index in [1.807, 2.05) is 0 Å². The molecule has 5 aliphatic heterocycles. The minimum absolute atomic E-state index is 0.646. The fourth-order valence-corrected chi connectivity index (χ4v) is 12.0. The molecule has 5 heterocycles. The first-order valence-electron chi connectivity index (χ1n) is 33.5. The first-order chi connectivity index (χ1) is 43.3. The van der Waals surface area contributed by atoms with Crippen LogP contribution in [0.15, 0.2) is 188 Å². The van der Waals surface area contributed by atoms with Gasteiger partial charge in [0.1, 0.15) is 23.0 Å². The lowest BCUT2D eigenvalue weighted by Crippen LogP contribution is -2.25. The molecule has 0 saturated carbocycles. The van der Waals surface area contributed by atoms with E-state index in [9.17, 15) is 0 Å². The van der Waals surface area contributed by atoms with Crippen LogP contribution in [0, 0.1) is 0 Å². The third-order valence-electron chi connectivity index (χ3n) is 17.3. The topological polar surface area (TPSA) is 96.1 Å². The van der Waals surface area contributed by atoms with Gasteiger partial charge in [-0.15, -0.1) is 0 Å². The maximum absolute atomic E-state index is 6.38. The molecule has 0 N–H and O–H groups in total. The third-order valence-corrected chi connectivity index (χ3v) is 17.3. The Kier molecular flexibility index (Phi) is 25.4. The van der Waals surface area contributed by atoms with Gasteiger partial charge in [-0.2, -0.15) is 0 Å². The number of unbranched alkanes of at least 4 members (excludes halogenated alkanes) is 9. The van der Waals surface area contributed by atoms with Crippen molar-refractivity contribution in [2.24, 2.45) is 20.0 Å². The zero-order valence-electron chi connectivity index (χ0n) is 54.0. The minimum atomic E-state index is 0.646. The Morgan fingerprint density at radius 1 is 0.261 bits per heavy atom. The molecule has 8 bridgehead atoms. The summed E-state index contributed by atoms with van der Waals surface area (Å²) >= 11 is 0. The lowest BCUT2D eigenvalue weighted by atomic mass is 9.98. The van der Waals surface area contributed by atoms with Crippen LogP contribution in [0.3, 0.4) is 0 Å². The van der Waals surface area contributed by atoms with Gasteiger partial charge in [0.25, 0.3) is 0 Å². The van der Waals surface area contributed by atoms with Crippen molar-refractivity contribution in [3.8, 4) is 23.0 Å². The number of hydrogen-bond donors (Lipinski definition) is 0. The molecule has 464 valence electrons. The van der Waals surface area contributed by atoms with Gasteiger partial charge in [0.2, 0.25) is 0 Å². The highest BCUT2D eigenvalue weighted by atomic mass is 16.5. The molecule has 0 atom stereocenters. The van der Waals surface area contributed by atoms with Crippen molar-refractivity contribution in [1.29, 1.82) is 0 Å². The van der Waals surface area contributed by atoms with Crippen molar-refractivity contribution < 1.29 is 18.9 Å². The molecule has 9 rings (SSSR count). The molecule has 0 unspecified atom stereocenters. The summed E-state index contributed by atoms with van der Waals surface area (Å²) in [5.74, 6) is 3.36. The van der Waals surface area contributed by atoms with Gasteiger partial charge in [0.15, 0.2) is 0 Å². The van der Waals surface area contributed by atoms with Crippen LogP contribution >= 0.6 is 0 Å². The molecule has 4 aromatic carbocycles. The predicted molar refractivity (Wildman–Crippen MR) is 371 cm³/mol. The van der Waals surface area contributed by atoms with E-state index in [0.717, 1.165) is 198 Å². The molecule has 0 aliphatic carbocycles. The second-order valence-corrected chi connectivity index (χ2v) is 23.2. The molecule has 5 aliphatic rings. The first kappa shape index (κ1) is 65.0. The Morgan fingerprint density at radius 2 is 0.489 bits per heavy atom. The number of ether oxygens (including phenoxy) is 4. The number of nitrogens with zero attached hydrogens (tertiary/aromatic N) is 7. The van der Waals surface area contributed by atoms with Gasteiger partial charge in [-0.25, -0.2) is 20.0 Å². The zero-order valence-corrected chi connectivity index (χ0v) is 54.0. The zero-order chi connectivity index (χ0) is 61.3. The van der Waals surface area contributed by atoms with Gasteiger partial charge in [-0.05, 0) is 184 Å². The number of rotatable bonds is 37. The summed E-state index contributed by atoms with van der Waals surface area (Å²) in [4.78, 5) is 29.6. The molecular weight excluding hydrogens is 1090 g/mol. The van der Waals surface area contributed by atoms with Crippen LogP contribution in [0.2, 0.25) is 0 Å². The Bertz CT molecular complexity index is 3240. The predicted octanol–water partition coefficient (Wildman–Crippen LogP) is 17.3. The highest BCUT2D eigenvalue weighted by molar-refractivity contribution is 6.39. The molecule has 11 nitrogen and oxygen atoms in total.